The lowest BCUT2D eigenvalue weighted by Gasteiger charge is -2.09. The minimum absolute atomic E-state index is 0.0657. The molecule has 0 fully saturated rings. The smallest absolute Gasteiger partial charge is 0.238 e. The van der Waals surface area contributed by atoms with Gasteiger partial charge in [0.05, 0.1) is 4.90 Å². The number of hydrogen-bond donors (Lipinski definition) is 2. The van der Waals surface area contributed by atoms with Gasteiger partial charge >= 0.3 is 0 Å². The molecule has 0 spiro atoms. The van der Waals surface area contributed by atoms with Crippen LogP contribution in [0.3, 0.4) is 0 Å². The third-order valence-electron chi connectivity index (χ3n) is 2.74. The molecule has 0 amide bonds. The van der Waals surface area contributed by atoms with Crippen LogP contribution < -0.4 is 15.2 Å². The number of nitrogens with one attached hydrogen (secondary N) is 1. The zero-order chi connectivity index (χ0) is 15.5. The van der Waals surface area contributed by atoms with Crippen LogP contribution in [0.4, 0.5) is 4.39 Å². The van der Waals surface area contributed by atoms with Crippen LogP contribution in [0.5, 0.6) is 11.5 Å². The molecule has 2 aromatic carbocycles. The van der Waals surface area contributed by atoms with Gasteiger partial charge in [-0.2, -0.15) is 0 Å². The highest BCUT2D eigenvalue weighted by Gasteiger charge is 2.13. The number of ether oxygens (including phenoxy) is 1. The maximum atomic E-state index is 13.9. The first kappa shape index (κ1) is 15.4. The molecule has 0 aromatic heterocycles. The maximum absolute atomic E-state index is 13.9. The summed E-state index contributed by atoms with van der Waals surface area (Å²) in [4.78, 5) is -0.295. The highest BCUT2D eigenvalue weighted by atomic mass is 32.2. The molecule has 0 bridgehead atoms. The summed E-state index contributed by atoms with van der Waals surface area (Å²) >= 11 is 0. The van der Waals surface area contributed by atoms with Crippen LogP contribution in [-0.4, -0.2) is 15.5 Å². The van der Waals surface area contributed by atoms with Crippen LogP contribution in [0.2, 0.25) is 0 Å². The standard InChI is InChI=1S/C14H15FN2O3S/c1-17-9-10-3-2-4-11(7-10)20-14-6-5-12(8-13(14)15)21(16,18)19/h2-8,17H,9H2,1H3,(H2,16,18,19). The molecular formula is C14H15FN2O3S. The van der Waals surface area contributed by atoms with E-state index in [0.717, 1.165) is 11.6 Å². The predicted molar refractivity (Wildman–Crippen MR) is 77.1 cm³/mol. The molecule has 0 aliphatic rings. The Balaban J connectivity index is 2.26. The molecule has 5 nitrogen and oxygen atoms in total. The van der Waals surface area contributed by atoms with Gasteiger partial charge in [0.25, 0.3) is 0 Å². The summed E-state index contributed by atoms with van der Waals surface area (Å²) in [5, 5.41) is 7.94. The van der Waals surface area contributed by atoms with Crippen LogP contribution in [0, 0.1) is 5.82 Å². The average Bonchev–Trinajstić information content (AvgIpc) is 2.41. The third kappa shape index (κ3) is 4.01. The molecule has 2 rings (SSSR count). The van der Waals surface area contributed by atoms with Crippen molar-refractivity contribution in [3.8, 4) is 11.5 Å². The quantitative estimate of drug-likeness (QED) is 0.885. The van der Waals surface area contributed by atoms with Crippen molar-refractivity contribution in [2.24, 2.45) is 5.14 Å². The summed E-state index contributed by atoms with van der Waals surface area (Å²) in [5.74, 6) is -0.394. The zero-order valence-electron chi connectivity index (χ0n) is 11.3. The first-order valence-electron chi connectivity index (χ1n) is 6.14. The second kappa shape index (κ2) is 6.21. The summed E-state index contributed by atoms with van der Waals surface area (Å²) in [6.45, 7) is 0.657. The van der Waals surface area contributed by atoms with Gasteiger partial charge in [0.15, 0.2) is 11.6 Å². The Morgan fingerprint density at radius 2 is 2.00 bits per heavy atom. The van der Waals surface area contributed by atoms with Gasteiger partial charge in [0, 0.05) is 6.54 Å². The molecule has 3 N–H and O–H groups in total. The van der Waals surface area contributed by atoms with Crippen LogP contribution in [0.25, 0.3) is 0 Å². The lowest BCUT2D eigenvalue weighted by molar-refractivity contribution is 0.440. The van der Waals surface area contributed by atoms with E-state index >= 15 is 0 Å². The van der Waals surface area contributed by atoms with Gasteiger partial charge in [-0.1, -0.05) is 12.1 Å². The number of halogens is 1. The number of benzene rings is 2. The Hall–Kier alpha value is -1.96. The Kier molecular flexibility index (Phi) is 4.56. The van der Waals surface area contributed by atoms with Gasteiger partial charge in [-0.15, -0.1) is 0 Å². The van der Waals surface area contributed by atoms with Crippen molar-refractivity contribution < 1.29 is 17.5 Å². The highest BCUT2D eigenvalue weighted by molar-refractivity contribution is 7.89. The Morgan fingerprint density at radius 3 is 2.62 bits per heavy atom. The summed E-state index contributed by atoms with van der Waals surface area (Å²) in [6.07, 6.45) is 0. The lowest BCUT2D eigenvalue weighted by Crippen LogP contribution is -2.12. The molecule has 2 aromatic rings. The molecular weight excluding hydrogens is 295 g/mol. The van der Waals surface area contributed by atoms with Crippen molar-refractivity contribution in [2.75, 3.05) is 7.05 Å². The van der Waals surface area contributed by atoms with Crippen molar-refractivity contribution >= 4 is 10.0 Å². The van der Waals surface area contributed by atoms with E-state index in [1.165, 1.54) is 12.1 Å². The summed E-state index contributed by atoms with van der Waals surface area (Å²) in [6, 6.07) is 10.4. The molecule has 112 valence electrons. The van der Waals surface area contributed by atoms with E-state index in [9.17, 15) is 12.8 Å². The van der Waals surface area contributed by atoms with Crippen molar-refractivity contribution in [1.82, 2.24) is 5.32 Å². The minimum atomic E-state index is -3.93. The molecule has 0 saturated carbocycles. The predicted octanol–water partition coefficient (Wildman–Crippen LogP) is 1.98. The normalized spacial score (nSPS) is 11.4. The molecule has 0 unspecified atom stereocenters. The number of nitrogens with two attached hydrogens (primary N) is 1. The van der Waals surface area contributed by atoms with Crippen molar-refractivity contribution in [3.63, 3.8) is 0 Å². The average molecular weight is 310 g/mol. The fourth-order valence-corrected chi connectivity index (χ4v) is 2.32. The van der Waals surface area contributed by atoms with Gasteiger partial charge in [0.2, 0.25) is 10.0 Å². The molecule has 0 radical (unpaired) electrons. The lowest BCUT2D eigenvalue weighted by atomic mass is 10.2. The Bertz CT molecular complexity index is 748. The maximum Gasteiger partial charge on any atom is 0.238 e. The van der Waals surface area contributed by atoms with Gasteiger partial charge in [-0.3, -0.25) is 0 Å². The second-order valence-corrected chi connectivity index (χ2v) is 5.98. The monoisotopic (exact) mass is 310 g/mol. The van der Waals surface area contributed by atoms with Crippen molar-refractivity contribution in [1.29, 1.82) is 0 Å². The zero-order valence-corrected chi connectivity index (χ0v) is 12.2. The van der Waals surface area contributed by atoms with E-state index < -0.39 is 15.8 Å². The Morgan fingerprint density at radius 1 is 1.24 bits per heavy atom. The van der Waals surface area contributed by atoms with Gasteiger partial charge in [-0.05, 0) is 42.9 Å². The van der Waals surface area contributed by atoms with E-state index in [2.05, 4.69) is 5.32 Å². The number of sulfonamides is 1. The topological polar surface area (TPSA) is 81.4 Å². The van der Waals surface area contributed by atoms with E-state index in [4.69, 9.17) is 9.88 Å². The fraction of sp³-hybridized carbons (Fsp3) is 0.143. The molecule has 7 heteroatoms. The van der Waals surface area contributed by atoms with Crippen LogP contribution in [-0.2, 0) is 16.6 Å². The van der Waals surface area contributed by atoms with Gasteiger partial charge < -0.3 is 10.1 Å². The van der Waals surface area contributed by atoms with E-state index in [1.54, 1.807) is 18.2 Å². The SMILES string of the molecule is CNCc1cccc(Oc2ccc(S(N)(=O)=O)cc2F)c1. The first-order chi connectivity index (χ1) is 9.90. The van der Waals surface area contributed by atoms with Gasteiger partial charge in [0.1, 0.15) is 5.75 Å². The molecule has 0 heterocycles. The number of primary sulfonamides is 1. The Labute approximate surface area is 122 Å². The van der Waals surface area contributed by atoms with Crippen molar-refractivity contribution in [3.05, 3.63) is 53.8 Å². The van der Waals surface area contributed by atoms with E-state index in [-0.39, 0.29) is 10.6 Å². The fourth-order valence-electron chi connectivity index (χ4n) is 1.79. The second-order valence-electron chi connectivity index (χ2n) is 4.42. The minimum Gasteiger partial charge on any atom is -0.454 e. The number of hydrogen-bond acceptors (Lipinski definition) is 4. The number of rotatable bonds is 5. The molecule has 21 heavy (non-hydrogen) atoms. The van der Waals surface area contributed by atoms with E-state index in [1.807, 2.05) is 13.1 Å². The highest BCUT2D eigenvalue weighted by Crippen LogP contribution is 2.26. The molecule has 0 aliphatic carbocycles. The molecule has 0 saturated heterocycles. The molecule has 0 atom stereocenters. The van der Waals surface area contributed by atoms with Crippen LogP contribution >= 0.6 is 0 Å². The largest absolute Gasteiger partial charge is 0.454 e. The summed E-state index contributed by atoms with van der Waals surface area (Å²) in [7, 11) is -2.11. The summed E-state index contributed by atoms with van der Waals surface area (Å²) in [5.41, 5.74) is 0.983. The summed E-state index contributed by atoms with van der Waals surface area (Å²) < 4.78 is 41.6. The first-order valence-corrected chi connectivity index (χ1v) is 7.68. The van der Waals surface area contributed by atoms with Crippen LogP contribution in [0.15, 0.2) is 47.4 Å². The van der Waals surface area contributed by atoms with Gasteiger partial charge in [-0.25, -0.2) is 17.9 Å². The van der Waals surface area contributed by atoms with Crippen LogP contribution in [0.1, 0.15) is 5.56 Å². The molecule has 0 aliphatic heterocycles. The van der Waals surface area contributed by atoms with E-state index in [0.29, 0.717) is 12.3 Å². The third-order valence-corrected chi connectivity index (χ3v) is 3.65. The van der Waals surface area contributed by atoms with Crippen molar-refractivity contribution in [2.45, 2.75) is 11.4 Å².